The van der Waals surface area contributed by atoms with Crippen LogP contribution in [0.2, 0.25) is 0 Å². The van der Waals surface area contributed by atoms with Gasteiger partial charge >= 0.3 is 0 Å². The van der Waals surface area contributed by atoms with Crippen LogP contribution < -0.4 is 10.2 Å². The molecule has 6 nitrogen and oxygen atoms in total. The van der Waals surface area contributed by atoms with E-state index in [2.05, 4.69) is 21.3 Å². The van der Waals surface area contributed by atoms with Crippen LogP contribution in [0.25, 0.3) is 0 Å². The number of carbonyl (C=O) groups is 1. The Balaban J connectivity index is 1.68. The van der Waals surface area contributed by atoms with E-state index in [1.807, 2.05) is 29.2 Å². The molecule has 24 heavy (non-hydrogen) atoms. The van der Waals surface area contributed by atoms with E-state index in [9.17, 15) is 10.1 Å². The Hall–Kier alpha value is -3.07. The lowest BCUT2D eigenvalue weighted by molar-refractivity contribution is 0.0746. The molecule has 122 valence electrons. The molecule has 1 aliphatic rings. The summed E-state index contributed by atoms with van der Waals surface area (Å²) in [6.07, 6.45) is 1.64. The fourth-order valence-electron chi connectivity index (χ4n) is 2.88. The number of nitrogens with zero attached hydrogens (tertiary/aromatic N) is 4. The molecule has 2 heterocycles. The molecular formula is C18H19N5O. The lowest BCUT2D eigenvalue weighted by Crippen LogP contribution is -2.49. The zero-order valence-electron chi connectivity index (χ0n) is 13.6. The first kappa shape index (κ1) is 15.8. The smallest absolute Gasteiger partial charge is 0.254 e. The van der Waals surface area contributed by atoms with Crippen LogP contribution in [0.3, 0.4) is 0 Å². The number of hydrogen-bond acceptors (Lipinski definition) is 5. The van der Waals surface area contributed by atoms with E-state index in [-0.39, 0.29) is 5.91 Å². The van der Waals surface area contributed by atoms with E-state index in [4.69, 9.17) is 0 Å². The second-order valence-corrected chi connectivity index (χ2v) is 5.59. The van der Waals surface area contributed by atoms with Gasteiger partial charge in [-0.2, -0.15) is 5.26 Å². The normalized spacial score (nSPS) is 14.2. The van der Waals surface area contributed by atoms with Gasteiger partial charge in [0.1, 0.15) is 11.9 Å². The number of rotatable bonds is 3. The number of benzene rings is 1. The zero-order valence-corrected chi connectivity index (χ0v) is 13.6. The highest BCUT2D eigenvalue weighted by molar-refractivity contribution is 5.95. The van der Waals surface area contributed by atoms with Crippen molar-refractivity contribution in [3.05, 3.63) is 53.7 Å². The van der Waals surface area contributed by atoms with Crippen molar-refractivity contribution in [3.8, 4) is 6.07 Å². The Bertz CT molecular complexity index is 775. The van der Waals surface area contributed by atoms with E-state index in [0.717, 1.165) is 5.69 Å². The van der Waals surface area contributed by atoms with Crippen LogP contribution in [-0.4, -0.2) is 49.0 Å². The van der Waals surface area contributed by atoms with Crippen LogP contribution in [0.4, 0.5) is 11.5 Å². The van der Waals surface area contributed by atoms with Crippen LogP contribution in [-0.2, 0) is 0 Å². The zero-order chi connectivity index (χ0) is 16.9. The third kappa shape index (κ3) is 3.15. The van der Waals surface area contributed by atoms with Crippen molar-refractivity contribution in [1.29, 1.82) is 5.26 Å². The molecule has 0 unspecified atom stereocenters. The lowest BCUT2D eigenvalue weighted by Gasteiger charge is -2.36. The van der Waals surface area contributed by atoms with Crippen molar-refractivity contribution in [1.82, 2.24) is 9.88 Å². The third-order valence-electron chi connectivity index (χ3n) is 4.20. The molecule has 1 N–H and O–H groups in total. The van der Waals surface area contributed by atoms with Crippen molar-refractivity contribution in [2.75, 3.05) is 43.4 Å². The second-order valence-electron chi connectivity index (χ2n) is 5.59. The van der Waals surface area contributed by atoms with Gasteiger partial charge in [-0.05, 0) is 24.3 Å². The average Bonchev–Trinajstić information content (AvgIpc) is 2.67. The van der Waals surface area contributed by atoms with Crippen molar-refractivity contribution < 1.29 is 4.79 Å². The number of carbonyl (C=O) groups excluding carboxylic acids is 1. The predicted molar refractivity (Wildman–Crippen MR) is 93.1 cm³/mol. The van der Waals surface area contributed by atoms with Gasteiger partial charge in [-0.15, -0.1) is 0 Å². The van der Waals surface area contributed by atoms with E-state index in [1.54, 1.807) is 25.4 Å². The first-order valence-electron chi connectivity index (χ1n) is 7.90. The summed E-state index contributed by atoms with van der Waals surface area (Å²) in [7, 11) is 1.78. The predicted octanol–water partition coefficient (Wildman–Crippen LogP) is 1.96. The summed E-state index contributed by atoms with van der Waals surface area (Å²) in [6.45, 7) is 2.70. The van der Waals surface area contributed by atoms with Gasteiger partial charge in [-0.25, -0.2) is 4.98 Å². The third-order valence-corrected chi connectivity index (χ3v) is 4.20. The highest BCUT2D eigenvalue weighted by Gasteiger charge is 2.23. The van der Waals surface area contributed by atoms with Crippen LogP contribution in [0, 0.1) is 11.3 Å². The van der Waals surface area contributed by atoms with Crippen LogP contribution >= 0.6 is 0 Å². The molecule has 1 saturated heterocycles. The van der Waals surface area contributed by atoms with E-state index >= 15 is 0 Å². The minimum atomic E-state index is 0.0159. The van der Waals surface area contributed by atoms with Gasteiger partial charge in [-0.1, -0.05) is 12.1 Å². The average molecular weight is 321 g/mol. The summed E-state index contributed by atoms with van der Waals surface area (Å²) in [5, 5.41) is 12.2. The fraction of sp³-hybridized carbons (Fsp3) is 0.278. The fourth-order valence-corrected chi connectivity index (χ4v) is 2.88. The molecule has 6 heteroatoms. The molecule has 1 fully saturated rings. The molecule has 1 aliphatic heterocycles. The van der Waals surface area contributed by atoms with Crippen LogP contribution in [0.5, 0.6) is 0 Å². The quantitative estimate of drug-likeness (QED) is 0.935. The summed E-state index contributed by atoms with van der Waals surface area (Å²) in [5.74, 6) is 0.699. The number of amides is 1. The summed E-state index contributed by atoms with van der Waals surface area (Å²) in [5.41, 5.74) is 2.25. The van der Waals surface area contributed by atoms with Gasteiger partial charge in [0.05, 0.1) is 11.3 Å². The highest BCUT2D eigenvalue weighted by atomic mass is 16.2. The number of nitriles is 1. The van der Waals surface area contributed by atoms with Gasteiger partial charge in [0.25, 0.3) is 5.91 Å². The highest BCUT2D eigenvalue weighted by Crippen LogP contribution is 2.21. The Morgan fingerprint density at radius 3 is 2.67 bits per heavy atom. The molecule has 2 aromatic rings. The molecule has 1 amide bonds. The SMILES string of the molecule is CNc1cc(C(=O)N2CCN(c3ccccc3C#N)CC2)ccn1. The Morgan fingerprint density at radius 2 is 1.96 bits per heavy atom. The molecular weight excluding hydrogens is 302 g/mol. The van der Waals surface area contributed by atoms with E-state index < -0.39 is 0 Å². The van der Waals surface area contributed by atoms with Crippen LogP contribution in [0.15, 0.2) is 42.6 Å². The Labute approximate surface area is 141 Å². The van der Waals surface area contributed by atoms with Crippen molar-refractivity contribution in [2.45, 2.75) is 0 Å². The monoisotopic (exact) mass is 321 g/mol. The molecule has 0 aliphatic carbocycles. The molecule has 0 spiro atoms. The summed E-state index contributed by atoms with van der Waals surface area (Å²) < 4.78 is 0. The van der Waals surface area contributed by atoms with Crippen molar-refractivity contribution in [2.24, 2.45) is 0 Å². The van der Waals surface area contributed by atoms with Gasteiger partial charge in [0.2, 0.25) is 0 Å². The number of hydrogen-bond donors (Lipinski definition) is 1. The maximum Gasteiger partial charge on any atom is 0.254 e. The summed E-state index contributed by atoms with van der Waals surface area (Å²) in [4.78, 5) is 20.8. The Kier molecular flexibility index (Phi) is 4.62. The molecule has 0 bridgehead atoms. The van der Waals surface area contributed by atoms with E-state index in [0.29, 0.717) is 43.1 Å². The van der Waals surface area contributed by atoms with Gasteiger partial charge in [-0.3, -0.25) is 4.79 Å². The number of pyridine rings is 1. The minimum absolute atomic E-state index is 0.0159. The van der Waals surface area contributed by atoms with Crippen molar-refractivity contribution in [3.63, 3.8) is 0 Å². The summed E-state index contributed by atoms with van der Waals surface area (Å²) >= 11 is 0. The van der Waals surface area contributed by atoms with Gasteiger partial charge in [0.15, 0.2) is 0 Å². The molecule has 1 aromatic heterocycles. The number of nitrogens with one attached hydrogen (secondary N) is 1. The number of para-hydroxylation sites is 1. The first-order valence-corrected chi connectivity index (χ1v) is 7.90. The maximum absolute atomic E-state index is 12.6. The molecule has 0 radical (unpaired) electrons. The molecule has 1 aromatic carbocycles. The van der Waals surface area contributed by atoms with Crippen molar-refractivity contribution >= 4 is 17.4 Å². The maximum atomic E-state index is 12.6. The number of piperazine rings is 1. The Morgan fingerprint density at radius 1 is 1.21 bits per heavy atom. The largest absolute Gasteiger partial charge is 0.373 e. The molecule has 0 saturated carbocycles. The standard InChI is InChI=1S/C18H19N5O/c1-20-17-12-14(6-7-21-17)18(24)23-10-8-22(9-11-23)16-5-3-2-4-15(16)13-19/h2-7,12H,8-11H2,1H3,(H,20,21). The first-order chi connectivity index (χ1) is 11.7. The topological polar surface area (TPSA) is 72.3 Å². The second kappa shape index (κ2) is 7.01. The number of anilines is 2. The molecule has 0 atom stereocenters. The van der Waals surface area contributed by atoms with E-state index in [1.165, 1.54) is 0 Å². The van der Waals surface area contributed by atoms with Gasteiger partial charge in [0, 0.05) is 45.0 Å². The number of aromatic nitrogens is 1. The van der Waals surface area contributed by atoms with Gasteiger partial charge < -0.3 is 15.1 Å². The molecule has 3 rings (SSSR count). The van der Waals surface area contributed by atoms with Crippen LogP contribution in [0.1, 0.15) is 15.9 Å². The minimum Gasteiger partial charge on any atom is -0.373 e. The summed E-state index contributed by atoms with van der Waals surface area (Å²) in [6, 6.07) is 13.3. The lowest BCUT2D eigenvalue weighted by atomic mass is 10.1.